The van der Waals surface area contributed by atoms with Crippen molar-refractivity contribution in [2.75, 3.05) is 13.6 Å². The van der Waals surface area contributed by atoms with Gasteiger partial charge in [0.15, 0.2) is 0 Å². The number of nitrogens with one attached hydrogen (secondary N) is 2. The van der Waals surface area contributed by atoms with Crippen molar-refractivity contribution in [3.63, 3.8) is 0 Å². The highest BCUT2D eigenvalue weighted by Gasteiger charge is 2.24. The molecule has 0 saturated carbocycles. The van der Waals surface area contributed by atoms with Gasteiger partial charge in [-0.15, -0.1) is 0 Å². The third kappa shape index (κ3) is 6.91. The fourth-order valence-corrected chi connectivity index (χ4v) is 7.24. The van der Waals surface area contributed by atoms with Gasteiger partial charge in [0.25, 0.3) is 5.91 Å². The highest BCUT2D eigenvalue weighted by molar-refractivity contribution is 8.82. The molecule has 0 spiro atoms. The van der Waals surface area contributed by atoms with E-state index >= 15 is 0 Å². The molecule has 0 saturated heterocycles. The van der Waals surface area contributed by atoms with Crippen LogP contribution >= 0.6 is 21.6 Å². The number of H-pyrrole nitrogens is 1. The molecule has 0 atom stereocenters. The van der Waals surface area contributed by atoms with Crippen molar-refractivity contribution >= 4 is 49.6 Å². The van der Waals surface area contributed by atoms with Crippen molar-refractivity contribution in [2.24, 2.45) is 5.41 Å². The molecule has 0 bridgehead atoms. The number of benzene rings is 3. The highest BCUT2D eigenvalue weighted by atomic mass is 33.1. The average molecular weight is 620 g/mol. The van der Waals surface area contributed by atoms with E-state index in [9.17, 15) is 18.8 Å². The predicted molar refractivity (Wildman–Crippen MR) is 170 cm³/mol. The fraction of sp³-hybridized carbons (Fsp3) is 0.303. The fourth-order valence-electron chi connectivity index (χ4n) is 4.90. The average Bonchev–Trinajstić information content (AvgIpc) is 3.23. The van der Waals surface area contributed by atoms with Gasteiger partial charge in [-0.25, -0.2) is 9.18 Å². The second kappa shape index (κ2) is 12.5. The number of carbonyl (C=O) groups is 3. The maximum Gasteiger partial charge on any atom is 0.410 e. The maximum absolute atomic E-state index is 14.2. The van der Waals surface area contributed by atoms with Gasteiger partial charge in [-0.1, -0.05) is 51.1 Å². The molecule has 0 aliphatic carbocycles. The zero-order valence-electron chi connectivity index (χ0n) is 24.8. The van der Waals surface area contributed by atoms with E-state index in [1.807, 2.05) is 70.2 Å². The lowest BCUT2D eigenvalue weighted by molar-refractivity contribution is -0.117. The summed E-state index contributed by atoms with van der Waals surface area (Å²) in [4.78, 5) is 43.2. The molecule has 43 heavy (non-hydrogen) atoms. The Hall–Kier alpha value is -3.76. The lowest BCUT2D eigenvalue weighted by Gasteiger charge is -2.18. The molecule has 3 aromatic carbocycles. The topological polar surface area (TPSA) is 91.5 Å². The number of rotatable bonds is 7. The van der Waals surface area contributed by atoms with Gasteiger partial charge in [-0.3, -0.25) is 9.59 Å². The molecule has 1 aromatic heterocycles. The second-order valence-electron chi connectivity index (χ2n) is 11.8. The highest BCUT2D eigenvalue weighted by Crippen LogP contribution is 2.38. The number of aromatic amines is 1. The van der Waals surface area contributed by atoms with Crippen molar-refractivity contribution in [1.29, 1.82) is 0 Å². The van der Waals surface area contributed by atoms with Crippen LogP contribution in [0.5, 0.6) is 0 Å². The Morgan fingerprint density at radius 3 is 2.51 bits per heavy atom. The summed E-state index contributed by atoms with van der Waals surface area (Å²) in [5.41, 5.74) is 6.12. The molecule has 0 radical (unpaired) electrons. The number of aryl methyl sites for hydroxylation is 1. The number of hydrogen-bond donors (Lipinski definition) is 2. The van der Waals surface area contributed by atoms with Crippen molar-refractivity contribution in [1.82, 2.24) is 15.2 Å². The molecule has 5 rings (SSSR count). The van der Waals surface area contributed by atoms with Crippen LogP contribution in [0.25, 0.3) is 22.2 Å². The summed E-state index contributed by atoms with van der Waals surface area (Å²) in [7, 11) is 4.36. The van der Waals surface area contributed by atoms with Crippen molar-refractivity contribution in [2.45, 2.75) is 52.2 Å². The van der Waals surface area contributed by atoms with Crippen LogP contribution in [0.3, 0.4) is 0 Å². The van der Waals surface area contributed by atoms with Crippen molar-refractivity contribution in [3.8, 4) is 11.3 Å². The Balaban J connectivity index is 1.20. The van der Waals surface area contributed by atoms with Gasteiger partial charge in [0.1, 0.15) is 12.4 Å². The normalized spacial score (nSPS) is 13.0. The smallest absolute Gasteiger partial charge is 0.410 e. The van der Waals surface area contributed by atoms with E-state index in [1.165, 1.54) is 38.6 Å². The number of amides is 2. The van der Waals surface area contributed by atoms with Gasteiger partial charge < -0.3 is 19.9 Å². The summed E-state index contributed by atoms with van der Waals surface area (Å²) in [5, 5.41) is 3.72. The number of halogens is 1. The second-order valence-corrected chi connectivity index (χ2v) is 13.9. The third-order valence-corrected chi connectivity index (χ3v) is 9.91. The molecule has 224 valence electrons. The number of nitrogens with zero attached hydrogens (tertiary/aromatic N) is 1. The first-order valence-electron chi connectivity index (χ1n) is 14.0. The van der Waals surface area contributed by atoms with E-state index in [1.54, 1.807) is 7.05 Å². The monoisotopic (exact) mass is 619 g/mol. The lowest BCUT2D eigenvalue weighted by Crippen LogP contribution is -2.26. The van der Waals surface area contributed by atoms with E-state index < -0.39 is 17.3 Å². The zero-order chi connectivity index (χ0) is 30.9. The van der Waals surface area contributed by atoms with Crippen LogP contribution < -0.4 is 5.32 Å². The Kier molecular flexibility index (Phi) is 8.89. The summed E-state index contributed by atoms with van der Waals surface area (Å²) in [5.74, 6) is -0.729. The standard InChI is InChI=1S/C33H34FN3O4S2/c1-19-14-24(42-43-31(39)33(2,3)4)11-10-22(19)18-41-32(40)37(5)17-20-6-8-21(9-7-20)29-25-12-13-35-30(38)26-15-23(34)16-27(36-29)28(25)26/h6-11,14-16,36H,12-13,17-18H2,1-5H3,(H,35,38). The number of hydrogen-bond acceptors (Lipinski definition) is 6. The first kappa shape index (κ1) is 30.7. The Labute approximate surface area is 258 Å². The Morgan fingerprint density at radius 2 is 1.81 bits per heavy atom. The van der Waals surface area contributed by atoms with E-state index in [0.29, 0.717) is 30.6 Å². The minimum atomic E-state index is -0.459. The van der Waals surface area contributed by atoms with Crippen LogP contribution in [-0.2, 0) is 29.1 Å². The molecule has 2 N–H and O–H groups in total. The van der Waals surface area contributed by atoms with Crippen LogP contribution in [0.4, 0.5) is 9.18 Å². The van der Waals surface area contributed by atoms with Gasteiger partial charge in [0.05, 0.1) is 5.56 Å². The third-order valence-electron chi connectivity index (χ3n) is 7.34. The zero-order valence-corrected chi connectivity index (χ0v) is 26.4. The quantitative estimate of drug-likeness (QED) is 0.207. The van der Waals surface area contributed by atoms with Crippen LogP contribution in [0.15, 0.2) is 59.5 Å². The molecule has 4 aromatic rings. The minimum Gasteiger partial charge on any atom is -0.445 e. The van der Waals surface area contributed by atoms with Crippen molar-refractivity contribution in [3.05, 3.63) is 88.2 Å². The molecule has 0 unspecified atom stereocenters. The van der Waals surface area contributed by atoms with Gasteiger partial charge in [0, 0.05) is 47.0 Å². The van der Waals surface area contributed by atoms with E-state index in [4.69, 9.17) is 4.74 Å². The minimum absolute atomic E-state index is 0.120. The maximum atomic E-state index is 14.2. The molecule has 2 amide bonds. The lowest BCUT2D eigenvalue weighted by atomic mass is 9.99. The molecule has 10 heteroatoms. The van der Waals surface area contributed by atoms with Gasteiger partial charge in [-0.05, 0) is 87.0 Å². The Morgan fingerprint density at radius 1 is 1.07 bits per heavy atom. The first-order chi connectivity index (χ1) is 20.4. The van der Waals surface area contributed by atoms with Crippen molar-refractivity contribution < 1.29 is 23.5 Å². The molecule has 1 aliphatic rings. The summed E-state index contributed by atoms with van der Waals surface area (Å²) in [6.07, 6.45) is 0.198. The molecule has 0 fully saturated rings. The van der Waals surface area contributed by atoms with Crippen LogP contribution in [-0.4, -0.2) is 40.6 Å². The predicted octanol–water partition coefficient (Wildman–Crippen LogP) is 7.65. The molecular formula is C33H34FN3O4S2. The summed E-state index contributed by atoms with van der Waals surface area (Å²) < 4.78 is 19.8. The summed E-state index contributed by atoms with van der Waals surface area (Å²) in [6.45, 7) is 8.66. The summed E-state index contributed by atoms with van der Waals surface area (Å²) in [6, 6.07) is 16.4. The Bertz CT molecular complexity index is 1710. The summed E-state index contributed by atoms with van der Waals surface area (Å²) >= 11 is 0. The number of aromatic nitrogens is 1. The molecule has 2 heterocycles. The van der Waals surface area contributed by atoms with Gasteiger partial charge in [0.2, 0.25) is 5.12 Å². The largest absolute Gasteiger partial charge is 0.445 e. The van der Waals surface area contributed by atoms with E-state index in [2.05, 4.69) is 10.3 Å². The van der Waals surface area contributed by atoms with Crippen LogP contribution in [0, 0.1) is 18.2 Å². The van der Waals surface area contributed by atoms with E-state index in [-0.39, 0.29) is 17.6 Å². The van der Waals surface area contributed by atoms with E-state index in [0.717, 1.165) is 43.8 Å². The number of ether oxygens (including phenoxy) is 1. The number of carbonyl (C=O) groups excluding carboxylic acids is 3. The SMILES string of the molecule is Cc1cc(SSC(=O)C(C)(C)C)ccc1COC(=O)N(C)Cc1ccc(-c2[nH]c3cc(F)cc4c3c2CCNC4=O)cc1. The van der Waals surface area contributed by atoms with Gasteiger partial charge in [-0.2, -0.15) is 0 Å². The van der Waals surface area contributed by atoms with Crippen LogP contribution in [0.1, 0.15) is 53.4 Å². The first-order valence-corrected chi connectivity index (χ1v) is 16.1. The van der Waals surface area contributed by atoms with Gasteiger partial charge >= 0.3 is 6.09 Å². The van der Waals surface area contributed by atoms with Crippen LogP contribution in [0.2, 0.25) is 0 Å². The molecule has 7 nitrogen and oxygen atoms in total. The molecular weight excluding hydrogens is 586 g/mol. The molecule has 1 aliphatic heterocycles.